The largest absolute Gasteiger partial charge is 0.497 e. The van der Waals surface area contributed by atoms with E-state index in [2.05, 4.69) is 4.98 Å². The van der Waals surface area contributed by atoms with Crippen molar-refractivity contribution in [1.82, 2.24) is 9.55 Å². The van der Waals surface area contributed by atoms with Crippen molar-refractivity contribution in [3.63, 3.8) is 0 Å². The van der Waals surface area contributed by atoms with Crippen LogP contribution in [-0.4, -0.2) is 65.3 Å². The first-order chi connectivity index (χ1) is 25.2. The average molecular weight is 702 g/mol. The number of benzene rings is 4. The van der Waals surface area contributed by atoms with Gasteiger partial charge in [0.2, 0.25) is 5.91 Å². The third-order valence-electron chi connectivity index (χ3n) is 9.57. The van der Waals surface area contributed by atoms with E-state index < -0.39 is 53.2 Å². The molecule has 5 aromatic rings. The number of carbonyl (C=O) groups is 3. The highest BCUT2D eigenvalue weighted by Crippen LogP contribution is 2.44. The molecule has 4 heterocycles. The number of nitrogens with zero attached hydrogens (tertiary/aromatic N) is 3. The monoisotopic (exact) mass is 701 g/mol. The van der Waals surface area contributed by atoms with Gasteiger partial charge in [0.1, 0.15) is 29.0 Å². The van der Waals surface area contributed by atoms with Crippen LogP contribution in [0.3, 0.4) is 0 Å². The van der Waals surface area contributed by atoms with Crippen molar-refractivity contribution in [2.75, 3.05) is 25.7 Å². The Kier molecular flexibility index (Phi) is 9.28. The molecule has 8 rings (SSSR count). The molecule has 3 aliphatic rings. The number of rotatable bonds is 8. The summed E-state index contributed by atoms with van der Waals surface area (Å²) in [6.07, 6.45) is -2.67. The summed E-state index contributed by atoms with van der Waals surface area (Å²) in [6.45, 7) is 0.919. The Hall–Kier alpha value is -5.95. The second kappa shape index (κ2) is 14.0. The Labute approximate surface area is 298 Å². The predicted molar refractivity (Wildman–Crippen MR) is 188 cm³/mol. The number of amides is 2. The Morgan fingerprint density at radius 3 is 1.90 bits per heavy atom. The highest BCUT2D eigenvalue weighted by molar-refractivity contribution is 6.23. The third kappa shape index (κ3) is 5.86. The second-order valence-corrected chi connectivity index (χ2v) is 12.4. The average Bonchev–Trinajstić information content (AvgIpc) is 3.49. The van der Waals surface area contributed by atoms with Crippen LogP contribution in [0, 0.1) is 5.92 Å². The van der Waals surface area contributed by atoms with Crippen LogP contribution >= 0.6 is 0 Å². The van der Waals surface area contributed by atoms with E-state index in [-0.39, 0.29) is 23.6 Å². The normalized spacial score (nSPS) is 19.8. The SMILES string of the molecule is COc1ccc(C(OC[C@H]2O[C@@H]3[C@H](C(=O)c4ccccc4C(=O)N(C(C)=O)c4ccn3c(=O)n4)[C@@H]2O)(c2ccccc2)c2ccc(OC)cc2)cc1. The highest BCUT2D eigenvalue weighted by Gasteiger charge is 2.51. The van der Waals surface area contributed by atoms with Gasteiger partial charge >= 0.3 is 5.69 Å². The molecule has 2 amide bonds. The van der Waals surface area contributed by atoms with Gasteiger partial charge in [0.15, 0.2) is 12.0 Å². The molecule has 12 nitrogen and oxygen atoms in total. The number of aliphatic hydroxyl groups excluding tert-OH is 1. The number of anilines is 1. The van der Waals surface area contributed by atoms with E-state index in [9.17, 15) is 24.3 Å². The fourth-order valence-electron chi connectivity index (χ4n) is 7.00. The van der Waals surface area contributed by atoms with Gasteiger partial charge < -0.3 is 24.1 Å². The Morgan fingerprint density at radius 2 is 1.35 bits per heavy atom. The summed E-state index contributed by atoms with van der Waals surface area (Å²) in [4.78, 5) is 59.1. The molecule has 1 aromatic heterocycles. The summed E-state index contributed by atoms with van der Waals surface area (Å²) in [7, 11) is 3.16. The Bertz CT molecular complexity index is 2140. The van der Waals surface area contributed by atoms with E-state index in [1.54, 1.807) is 26.4 Å². The summed E-state index contributed by atoms with van der Waals surface area (Å²) >= 11 is 0. The van der Waals surface area contributed by atoms with Crippen LogP contribution in [0.4, 0.5) is 5.82 Å². The van der Waals surface area contributed by atoms with Gasteiger partial charge in [-0.05, 0) is 53.1 Å². The summed E-state index contributed by atoms with van der Waals surface area (Å²) in [5, 5.41) is 12.0. The maximum absolute atomic E-state index is 14.4. The molecule has 3 aliphatic heterocycles. The predicted octanol–water partition coefficient (Wildman–Crippen LogP) is 4.53. The quantitative estimate of drug-likeness (QED) is 0.229. The first-order valence-corrected chi connectivity index (χ1v) is 16.6. The van der Waals surface area contributed by atoms with Crippen molar-refractivity contribution >= 4 is 23.4 Å². The number of hydrogen-bond acceptors (Lipinski definition) is 10. The van der Waals surface area contributed by atoms with Gasteiger partial charge in [-0.3, -0.25) is 19.0 Å². The topological polar surface area (TPSA) is 146 Å². The minimum Gasteiger partial charge on any atom is -0.497 e. The Balaban J connectivity index is 1.34. The molecule has 4 atom stereocenters. The standard InChI is InChI=1S/C40H35N3O9/c1-24(44)43-33-21-22-42(39(48)41-33)38-34(35(45)30-11-7-8-12-31(30)37(43)47)36(46)32(52-38)23-51-40(25-9-5-4-6-10-25,26-13-17-28(49-2)18-14-26)27-15-19-29(50-3)20-16-27/h4-22,32,34,36,38,46H,23H2,1-3H3/t32-,34-,36-,38-/m1/s1. The van der Waals surface area contributed by atoms with Crippen LogP contribution in [0.2, 0.25) is 0 Å². The number of ketones is 1. The van der Waals surface area contributed by atoms with Gasteiger partial charge in [0.05, 0.1) is 38.4 Å². The number of fused-ring (bicyclic) bond motifs is 3. The summed E-state index contributed by atoms with van der Waals surface area (Å²) in [6, 6.07) is 31.7. The zero-order chi connectivity index (χ0) is 36.6. The van der Waals surface area contributed by atoms with Gasteiger partial charge in [0, 0.05) is 18.7 Å². The molecule has 2 bridgehead atoms. The first-order valence-electron chi connectivity index (χ1n) is 16.6. The van der Waals surface area contributed by atoms with Crippen molar-refractivity contribution in [2.45, 2.75) is 31.0 Å². The molecule has 1 fully saturated rings. The molecule has 1 N–H and O–H groups in total. The molecule has 0 radical (unpaired) electrons. The number of ether oxygens (including phenoxy) is 4. The molecule has 4 aromatic carbocycles. The fourth-order valence-corrected chi connectivity index (χ4v) is 7.00. The molecule has 1 saturated heterocycles. The van der Waals surface area contributed by atoms with Crippen molar-refractivity contribution in [1.29, 1.82) is 0 Å². The van der Waals surface area contributed by atoms with E-state index in [0.29, 0.717) is 11.5 Å². The lowest BCUT2D eigenvalue weighted by Crippen LogP contribution is -2.40. The van der Waals surface area contributed by atoms with Crippen LogP contribution in [0.25, 0.3) is 0 Å². The number of carbonyl (C=O) groups excluding carboxylic acids is 3. The maximum Gasteiger partial charge on any atom is 0.351 e. The number of aliphatic hydroxyl groups is 1. The van der Waals surface area contributed by atoms with E-state index >= 15 is 0 Å². The molecular weight excluding hydrogens is 666 g/mol. The zero-order valence-electron chi connectivity index (χ0n) is 28.5. The summed E-state index contributed by atoms with van der Waals surface area (Å²) < 4.78 is 25.3. The number of Topliss-reactive ketones (excluding diaryl/α,β-unsaturated/α-hetero) is 1. The van der Waals surface area contributed by atoms with Gasteiger partial charge in [-0.1, -0.05) is 72.8 Å². The minimum absolute atomic E-state index is 0.0383. The lowest BCUT2D eigenvalue weighted by molar-refractivity contribution is -0.116. The van der Waals surface area contributed by atoms with Crippen LogP contribution in [0.5, 0.6) is 11.5 Å². The highest BCUT2D eigenvalue weighted by atomic mass is 16.6. The van der Waals surface area contributed by atoms with Crippen LogP contribution in [0.15, 0.2) is 120 Å². The van der Waals surface area contributed by atoms with Gasteiger partial charge in [-0.15, -0.1) is 0 Å². The van der Waals surface area contributed by atoms with Gasteiger partial charge in [-0.2, -0.15) is 4.98 Å². The van der Waals surface area contributed by atoms with Crippen molar-refractivity contribution in [3.05, 3.63) is 154 Å². The molecular formula is C40H35N3O9. The van der Waals surface area contributed by atoms with E-state index in [4.69, 9.17) is 18.9 Å². The zero-order valence-corrected chi connectivity index (χ0v) is 28.5. The molecule has 0 unspecified atom stereocenters. The van der Waals surface area contributed by atoms with E-state index in [0.717, 1.165) is 33.1 Å². The maximum atomic E-state index is 14.4. The molecule has 264 valence electrons. The van der Waals surface area contributed by atoms with Crippen molar-refractivity contribution < 1.29 is 38.4 Å². The van der Waals surface area contributed by atoms with Crippen molar-refractivity contribution in [2.24, 2.45) is 5.92 Å². The van der Waals surface area contributed by atoms with Crippen LogP contribution in [0.1, 0.15) is 50.6 Å². The molecule has 0 aliphatic carbocycles. The number of methoxy groups -OCH3 is 2. The first kappa shape index (κ1) is 34.5. The Morgan fingerprint density at radius 1 is 0.788 bits per heavy atom. The second-order valence-electron chi connectivity index (χ2n) is 12.4. The lowest BCUT2D eigenvalue weighted by Gasteiger charge is -2.37. The van der Waals surface area contributed by atoms with E-state index in [1.807, 2.05) is 78.9 Å². The third-order valence-corrected chi connectivity index (χ3v) is 9.57. The minimum atomic E-state index is -1.50. The molecule has 0 saturated carbocycles. The van der Waals surface area contributed by atoms with Crippen molar-refractivity contribution in [3.8, 4) is 11.5 Å². The smallest absolute Gasteiger partial charge is 0.351 e. The fraction of sp³-hybridized carbons (Fsp3) is 0.225. The number of hydrogen-bond donors (Lipinski definition) is 1. The van der Waals surface area contributed by atoms with Crippen LogP contribution < -0.4 is 20.1 Å². The van der Waals surface area contributed by atoms with Gasteiger partial charge in [-0.25, -0.2) is 9.69 Å². The van der Waals surface area contributed by atoms with Gasteiger partial charge in [0.25, 0.3) is 5.91 Å². The number of aromatic nitrogens is 2. The van der Waals surface area contributed by atoms with Crippen LogP contribution in [-0.2, 0) is 19.9 Å². The van der Waals surface area contributed by atoms with E-state index in [1.165, 1.54) is 24.4 Å². The number of imide groups is 1. The summed E-state index contributed by atoms with van der Waals surface area (Å²) in [5.41, 5.74) is -0.0279. The lowest BCUT2D eigenvalue weighted by atomic mass is 9.80. The molecule has 52 heavy (non-hydrogen) atoms. The molecule has 0 spiro atoms. The molecule has 12 heteroatoms. The summed E-state index contributed by atoms with van der Waals surface area (Å²) in [5.74, 6) is -2.46.